The van der Waals surface area contributed by atoms with Gasteiger partial charge >= 0.3 is 0 Å². The highest BCUT2D eigenvalue weighted by atomic mass is 28.4. The molecule has 0 amide bonds. The van der Waals surface area contributed by atoms with Gasteiger partial charge in [0.2, 0.25) is 0 Å². The minimum absolute atomic E-state index is 0.0210. The van der Waals surface area contributed by atoms with Gasteiger partial charge in [0.1, 0.15) is 0 Å². The molecule has 5 heteroatoms. The van der Waals surface area contributed by atoms with Gasteiger partial charge < -0.3 is 14.0 Å². The third-order valence-electron chi connectivity index (χ3n) is 9.41. The molecule has 0 spiro atoms. The summed E-state index contributed by atoms with van der Waals surface area (Å²) in [6, 6.07) is 43.6. The van der Waals surface area contributed by atoms with E-state index < -0.39 is 16.6 Å². The maximum atomic E-state index is 10.1. The van der Waals surface area contributed by atoms with E-state index in [2.05, 4.69) is 163 Å². The Morgan fingerprint density at radius 1 is 0.556 bits per heavy atom. The van der Waals surface area contributed by atoms with Crippen LogP contribution in [-0.2, 0) is 8.85 Å². The van der Waals surface area contributed by atoms with Crippen LogP contribution in [0.3, 0.4) is 0 Å². The van der Waals surface area contributed by atoms with Crippen molar-refractivity contribution in [2.24, 2.45) is 0 Å². The standard InChI is InChI=1S/C40H50O3Si2/c1-39(2,3)44(35-19-11-7-12-20-35,36-21-13-8-14-22-36)42-33-29-32(27-28-41)30-34(31-33)43-45(40(4,5)6,37-23-15-9-16-24-37)38-25-17-10-18-26-38/h7-27,33-34,41H,28-31H2,1-6H3/t33-,34-/m1/s1. The average Bonchev–Trinajstić information content (AvgIpc) is 3.03. The first-order valence-electron chi connectivity index (χ1n) is 16.4. The molecule has 236 valence electrons. The fourth-order valence-electron chi connectivity index (χ4n) is 7.49. The summed E-state index contributed by atoms with van der Waals surface area (Å²) in [4.78, 5) is 0. The highest BCUT2D eigenvalue weighted by Gasteiger charge is 2.54. The summed E-state index contributed by atoms with van der Waals surface area (Å²) < 4.78 is 15.4. The summed E-state index contributed by atoms with van der Waals surface area (Å²) in [6.45, 7) is 14.0. The van der Waals surface area contributed by atoms with E-state index in [-0.39, 0.29) is 28.9 Å². The Morgan fingerprint density at radius 3 is 1.09 bits per heavy atom. The van der Waals surface area contributed by atoms with E-state index in [1.165, 1.54) is 26.3 Å². The Labute approximate surface area is 273 Å². The maximum Gasteiger partial charge on any atom is 0.261 e. The number of hydrogen-bond donors (Lipinski definition) is 1. The molecule has 0 heterocycles. The van der Waals surface area contributed by atoms with Crippen LogP contribution in [0.5, 0.6) is 0 Å². The van der Waals surface area contributed by atoms with Gasteiger partial charge in [0.25, 0.3) is 16.6 Å². The zero-order chi connectivity index (χ0) is 32.1. The molecule has 2 atom stereocenters. The maximum absolute atomic E-state index is 10.1. The fraction of sp³-hybridized carbons (Fsp3) is 0.350. The van der Waals surface area contributed by atoms with Crippen LogP contribution in [0.1, 0.15) is 60.8 Å². The third kappa shape index (κ3) is 6.74. The van der Waals surface area contributed by atoms with Crippen molar-refractivity contribution in [3.63, 3.8) is 0 Å². The predicted octanol–water partition coefficient (Wildman–Crippen LogP) is 6.98. The molecule has 5 rings (SSSR count). The summed E-state index contributed by atoms with van der Waals surface area (Å²) in [5.74, 6) is 0. The molecule has 3 nitrogen and oxygen atoms in total. The summed E-state index contributed by atoms with van der Waals surface area (Å²) in [5, 5.41) is 15.0. The van der Waals surface area contributed by atoms with Crippen molar-refractivity contribution in [1.29, 1.82) is 0 Å². The van der Waals surface area contributed by atoms with Crippen molar-refractivity contribution >= 4 is 37.4 Å². The molecule has 1 saturated carbocycles. The van der Waals surface area contributed by atoms with Crippen molar-refractivity contribution < 1.29 is 14.0 Å². The second-order valence-corrected chi connectivity index (χ2v) is 23.0. The van der Waals surface area contributed by atoms with Crippen LogP contribution < -0.4 is 20.7 Å². The molecule has 0 aromatic heterocycles. The molecule has 1 aliphatic rings. The van der Waals surface area contributed by atoms with Crippen LogP contribution in [0.2, 0.25) is 10.1 Å². The van der Waals surface area contributed by atoms with Crippen molar-refractivity contribution in [2.75, 3.05) is 6.61 Å². The van der Waals surface area contributed by atoms with E-state index in [1.54, 1.807) is 0 Å². The van der Waals surface area contributed by atoms with Crippen LogP contribution in [0.25, 0.3) is 0 Å². The topological polar surface area (TPSA) is 38.7 Å². The Bertz CT molecular complexity index is 1330. The molecule has 45 heavy (non-hydrogen) atoms. The van der Waals surface area contributed by atoms with Crippen molar-refractivity contribution in [3.8, 4) is 0 Å². The summed E-state index contributed by atoms with van der Waals surface area (Å²) >= 11 is 0. The van der Waals surface area contributed by atoms with Gasteiger partial charge in [-0.3, -0.25) is 0 Å². The van der Waals surface area contributed by atoms with Crippen LogP contribution in [0.15, 0.2) is 133 Å². The Hall–Kier alpha value is -3.07. The van der Waals surface area contributed by atoms with E-state index in [9.17, 15) is 5.11 Å². The summed E-state index contributed by atoms with van der Waals surface area (Å²) in [5.41, 5.74) is 1.22. The minimum Gasteiger partial charge on any atom is -0.404 e. The second kappa shape index (κ2) is 13.7. The fourth-order valence-corrected chi connectivity index (χ4v) is 16.9. The number of aliphatic hydroxyl groups excluding tert-OH is 1. The molecule has 1 aliphatic carbocycles. The number of rotatable bonds is 9. The quantitative estimate of drug-likeness (QED) is 0.160. The van der Waals surface area contributed by atoms with Crippen LogP contribution in [0, 0.1) is 0 Å². The molecular weight excluding hydrogens is 585 g/mol. The zero-order valence-electron chi connectivity index (χ0n) is 27.9. The van der Waals surface area contributed by atoms with Gasteiger partial charge in [0.05, 0.1) is 18.8 Å². The van der Waals surface area contributed by atoms with E-state index >= 15 is 0 Å². The molecule has 4 aromatic carbocycles. The van der Waals surface area contributed by atoms with Gasteiger partial charge in [-0.2, -0.15) is 0 Å². The zero-order valence-corrected chi connectivity index (χ0v) is 29.9. The summed E-state index contributed by atoms with van der Waals surface area (Å²) in [6.07, 6.45) is 4.29. The lowest BCUT2D eigenvalue weighted by atomic mass is 9.90. The monoisotopic (exact) mass is 634 g/mol. The van der Waals surface area contributed by atoms with Gasteiger partial charge in [0, 0.05) is 0 Å². The van der Waals surface area contributed by atoms with Crippen molar-refractivity contribution in [2.45, 2.75) is 83.1 Å². The Kier molecular flexibility index (Phi) is 10.2. The molecule has 1 fully saturated rings. The molecule has 0 bridgehead atoms. The normalized spacial score (nSPS) is 18.1. The van der Waals surface area contributed by atoms with Gasteiger partial charge in [-0.25, -0.2) is 0 Å². The lowest BCUT2D eigenvalue weighted by Crippen LogP contribution is -2.69. The Balaban J connectivity index is 1.61. The van der Waals surface area contributed by atoms with Gasteiger partial charge in [-0.1, -0.05) is 175 Å². The first-order chi connectivity index (χ1) is 21.5. The van der Waals surface area contributed by atoms with Gasteiger partial charge in [-0.15, -0.1) is 0 Å². The number of hydrogen-bond acceptors (Lipinski definition) is 3. The predicted molar refractivity (Wildman–Crippen MR) is 194 cm³/mol. The molecule has 4 aromatic rings. The molecule has 0 aliphatic heterocycles. The first-order valence-corrected chi connectivity index (χ1v) is 20.2. The highest BCUT2D eigenvalue weighted by Crippen LogP contribution is 2.43. The van der Waals surface area contributed by atoms with E-state index in [0.717, 1.165) is 19.3 Å². The number of benzene rings is 4. The van der Waals surface area contributed by atoms with Crippen molar-refractivity contribution in [1.82, 2.24) is 0 Å². The minimum atomic E-state index is -2.78. The lowest BCUT2D eigenvalue weighted by molar-refractivity contribution is 0.0770. The van der Waals surface area contributed by atoms with E-state index in [1.807, 2.05) is 6.08 Å². The smallest absolute Gasteiger partial charge is 0.261 e. The molecule has 1 N–H and O–H groups in total. The second-order valence-electron chi connectivity index (χ2n) is 14.5. The summed E-state index contributed by atoms with van der Waals surface area (Å²) in [7, 11) is -5.55. The molecule has 0 saturated heterocycles. The Morgan fingerprint density at radius 2 is 0.844 bits per heavy atom. The van der Waals surface area contributed by atoms with Crippen LogP contribution >= 0.6 is 0 Å². The van der Waals surface area contributed by atoms with Crippen LogP contribution in [0.4, 0.5) is 0 Å². The number of aliphatic hydroxyl groups is 1. The first kappa shape index (κ1) is 33.3. The third-order valence-corrected chi connectivity index (χ3v) is 19.6. The van der Waals surface area contributed by atoms with Crippen LogP contribution in [-0.4, -0.2) is 40.6 Å². The van der Waals surface area contributed by atoms with E-state index in [0.29, 0.717) is 0 Å². The molecular formula is C40H50O3Si2. The largest absolute Gasteiger partial charge is 0.404 e. The SMILES string of the molecule is CC(C)(C)[Si](O[C@@H]1CC(=CCO)C[C@@H](O[Si](c2ccccc2)(c2ccccc2)C(C)(C)C)C1)(c1ccccc1)c1ccccc1. The molecule has 0 unspecified atom stereocenters. The van der Waals surface area contributed by atoms with Crippen molar-refractivity contribution in [3.05, 3.63) is 133 Å². The van der Waals surface area contributed by atoms with Gasteiger partial charge in [-0.05, 0) is 50.1 Å². The van der Waals surface area contributed by atoms with E-state index in [4.69, 9.17) is 8.85 Å². The highest BCUT2D eigenvalue weighted by molar-refractivity contribution is 7.00. The average molecular weight is 635 g/mol. The molecule has 0 radical (unpaired) electrons. The van der Waals surface area contributed by atoms with Gasteiger partial charge in [0.15, 0.2) is 0 Å². The lowest BCUT2D eigenvalue weighted by Gasteiger charge is -2.49.